The maximum absolute atomic E-state index is 12.8. The Morgan fingerprint density at radius 2 is 2.00 bits per heavy atom. The number of alkyl halides is 2. The number of carbonyl (C=O) groups excluding carboxylic acids is 1. The molecule has 1 fully saturated rings. The molecular weight excluding hydrogens is 314 g/mol. The number of halogens is 2. The number of nitrogens with zero attached hydrogens (tertiary/aromatic N) is 2. The average molecular weight is 332 g/mol. The highest BCUT2D eigenvalue weighted by Crippen LogP contribution is 2.28. The molecule has 0 aromatic heterocycles. The first-order valence-electron chi connectivity index (χ1n) is 6.94. The van der Waals surface area contributed by atoms with Crippen LogP contribution in [0.25, 0.3) is 0 Å². The van der Waals surface area contributed by atoms with Crippen LogP contribution in [-0.2, 0) is 14.6 Å². The molecule has 1 amide bonds. The van der Waals surface area contributed by atoms with E-state index in [0.717, 1.165) is 6.42 Å². The minimum absolute atomic E-state index is 0.0712. The van der Waals surface area contributed by atoms with Gasteiger partial charge in [0.2, 0.25) is 15.7 Å². The third kappa shape index (κ3) is 3.37. The first kappa shape index (κ1) is 16.7. The summed E-state index contributed by atoms with van der Waals surface area (Å²) in [6, 6.07) is 5.67. The second-order valence-electron chi connectivity index (χ2n) is 5.18. The lowest BCUT2D eigenvalue weighted by molar-refractivity contribution is -0.127. The Hall–Kier alpha value is -1.70. The smallest absolute Gasteiger partial charge is 0.341 e. The Bertz CT molecular complexity index is 649. The summed E-state index contributed by atoms with van der Waals surface area (Å²) in [7, 11) is -3.03. The Balaban J connectivity index is 2.16. The Morgan fingerprint density at radius 1 is 1.32 bits per heavy atom. The Labute approximate surface area is 128 Å². The number of hydrogen-bond donors (Lipinski definition) is 0. The number of benzene rings is 1. The van der Waals surface area contributed by atoms with Crippen molar-refractivity contribution in [3.8, 4) is 0 Å². The van der Waals surface area contributed by atoms with Crippen LogP contribution in [0.1, 0.15) is 12.8 Å². The topological polar surface area (TPSA) is 57.7 Å². The Morgan fingerprint density at radius 3 is 2.59 bits per heavy atom. The van der Waals surface area contributed by atoms with Gasteiger partial charge in [0.25, 0.3) is 0 Å². The molecule has 0 N–H and O–H groups in total. The van der Waals surface area contributed by atoms with Gasteiger partial charge in [0.1, 0.15) is 0 Å². The molecule has 0 bridgehead atoms. The van der Waals surface area contributed by atoms with Gasteiger partial charge in [0.15, 0.2) is 0 Å². The van der Waals surface area contributed by atoms with Crippen LogP contribution in [-0.4, -0.2) is 51.7 Å². The number of sulfone groups is 1. The van der Waals surface area contributed by atoms with Crippen molar-refractivity contribution in [2.75, 3.05) is 31.6 Å². The summed E-state index contributed by atoms with van der Waals surface area (Å²) in [6.07, 6.45) is 1.35. The minimum atomic E-state index is -4.66. The van der Waals surface area contributed by atoms with Crippen molar-refractivity contribution in [3.05, 3.63) is 24.3 Å². The molecule has 0 unspecified atom stereocenters. The van der Waals surface area contributed by atoms with Crippen LogP contribution in [0.5, 0.6) is 0 Å². The third-order valence-electron chi connectivity index (χ3n) is 3.69. The molecule has 1 aromatic carbocycles. The quantitative estimate of drug-likeness (QED) is 0.796. The van der Waals surface area contributed by atoms with Crippen LogP contribution in [0.4, 0.5) is 14.5 Å². The second-order valence-corrected chi connectivity index (χ2v) is 7.07. The van der Waals surface area contributed by atoms with Crippen LogP contribution >= 0.6 is 0 Å². The molecule has 22 heavy (non-hydrogen) atoms. The minimum Gasteiger partial charge on any atom is -0.372 e. The van der Waals surface area contributed by atoms with E-state index in [2.05, 4.69) is 0 Å². The van der Waals surface area contributed by atoms with Gasteiger partial charge in [-0.05, 0) is 18.6 Å². The molecule has 1 heterocycles. The first-order valence-corrected chi connectivity index (χ1v) is 8.48. The first-order chi connectivity index (χ1) is 10.3. The standard InChI is InChI=1S/C14H18F2N2O3S/c1-17(9-10-18-8-4-7-13(18)19)11-5-2-3-6-12(11)22(20,21)14(15)16/h2-3,5-6,14H,4,7-10H2,1H3. The summed E-state index contributed by atoms with van der Waals surface area (Å²) in [5, 5.41) is 0. The molecule has 0 spiro atoms. The predicted molar refractivity (Wildman–Crippen MR) is 78.7 cm³/mol. The zero-order valence-corrected chi connectivity index (χ0v) is 13.0. The highest BCUT2D eigenvalue weighted by Gasteiger charge is 2.30. The maximum atomic E-state index is 12.8. The summed E-state index contributed by atoms with van der Waals surface area (Å²) in [5.74, 6) is -3.39. The van der Waals surface area contributed by atoms with E-state index in [1.165, 1.54) is 18.2 Å². The van der Waals surface area contributed by atoms with E-state index in [0.29, 0.717) is 26.1 Å². The van der Waals surface area contributed by atoms with Gasteiger partial charge in [0, 0.05) is 33.1 Å². The molecule has 2 rings (SSSR count). The van der Waals surface area contributed by atoms with Crippen molar-refractivity contribution >= 4 is 21.4 Å². The molecule has 0 saturated carbocycles. The van der Waals surface area contributed by atoms with Crippen molar-refractivity contribution in [2.45, 2.75) is 23.5 Å². The van der Waals surface area contributed by atoms with E-state index in [4.69, 9.17) is 0 Å². The molecule has 122 valence electrons. The van der Waals surface area contributed by atoms with E-state index in [-0.39, 0.29) is 16.5 Å². The van der Waals surface area contributed by atoms with E-state index >= 15 is 0 Å². The van der Waals surface area contributed by atoms with Gasteiger partial charge in [-0.3, -0.25) is 4.79 Å². The number of likely N-dealkylation sites (N-methyl/N-ethyl adjacent to an activating group) is 1. The molecule has 1 aliphatic rings. The van der Waals surface area contributed by atoms with Crippen molar-refractivity contribution in [2.24, 2.45) is 0 Å². The molecule has 5 nitrogen and oxygen atoms in total. The number of likely N-dealkylation sites (tertiary alicyclic amines) is 1. The van der Waals surface area contributed by atoms with Gasteiger partial charge >= 0.3 is 5.76 Å². The van der Waals surface area contributed by atoms with Crippen LogP contribution in [0.15, 0.2) is 29.2 Å². The molecule has 0 aliphatic carbocycles. The van der Waals surface area contributed by atoms with E-state index in [1.807, 2.05) is 0 Å². The zero-order chi connectivity index (χ0) is 16.3. The van der Waals surface area contributed by atoms with Crippen LogP contribution in [0.2, 0.25) is 0 Å². The summed E-state index contributed by atoms with van der Waals surface area (Å²) >= 11 is 0. The molecule has 1 saturated heterocycles. The average Bonchev–Trinajstić information content (AvgIpc) is 2.90. The van der Waals surface area contributed by atoms with Gasteiger partial charge in [-0.15, -0.1) is 0 Å². The normalized spacial score (nSPS) is 15.6. The lowest BCUT2D eigenvalue weighted by Gasteiger charge is -2.25. The summed E-state index contributed by atoms with van der Waals surface area (Å²) < 4.78 is 49.0. The monoisotopic (exact) mass is 332 g/mol. The fourth-order valence-corrected chi connectivity index (χ4v) is 3.42. The van der Waals surface area contributed by atoms with Crippen molar-refractivity contribution < 1.29 is 22.0 Å². The van der Waals surface area contributed by atoms with Crippen molar-refractivity contribution in [1.82, 2.24) is 4.90 Å². The number of carbonyl (C=O) groups is 1. The molecule has 8 heteroatoms. The fourth-order valence-electron chi connectivity index (χ4n) is 2.44. The van der Waals surface area contributed by atoms with E-state index < -0.39 is 15.6 Å². The van der Waals surface area contributed by atoms with Gasteiger partial charge < -0.3 is 9.80 Å². The highest BCUT2D eigenvalue weighted by atomic mass is 32.2. The molecular formula is C14H18F2N2O3S. The summed E-state index contributed by atoms with van der Waals surface area (Å²) in [6.45, 7) is 1.50. The van der Waals surface area contributed by atoms with E-state index in [9.17, 15) is 22.0 Å². The fraction of sp³-hybridized carbons (Fsp3) is 0.500. The van der Waals surface area contributed by atoms with Gasteiger partial charge in [-0.25, -0.2) is 8.42 Å². The number of amides is 1. The van der Waals surface area contributed by atoms with Crippen molar-refractivity contribution in [3.63, 3.8) is 0 Å². The number of hydrogen-bond acceptors (Lipinski definition) is 4. The lowest BCUT2D eigenvalue weighted by atomic mass is 10.3. The van der Waals surface area contributed by atoms with Gasteiger partial charge in [0.05, 0.1) is 10.6 Å². The molecule has 1 aromatic rings. The van der Waals surface area contributed by atoms with Crippen LogP contribution < -0.4 is 4.90 Å². The Kier molecular flexibility index (Phi) is 5.00. The van der Waals surface area contributed by atoms with E-state index in [1.54, 1.807) is 22.9 Å². The van der Waals surface area contributed by atoms with Crippen molar-refractivity contribution in [1.29, 1.82) is 0 Å². The molecule has 1 aliphatic heterocycles. The van der Waals surface area contributed by atoms with Gasteiger partial charge in [-0.1, -0.05) is 12.1 Å². The third-order valence-corrected chi connectivity index (χ3v) is 5.12. The second kappa shape index (κ2) is 6.60. The zero-order valence-electron chi connectivity index (χ0n) is 12.2. The number of rotatable bonds is 6. The largest absolute Gasteiger partial charge is 0.372 e. The summed E-state index contributed by atoms with van der Waals surface area (Å²) in [5.41, 5.74) is 0.217. The van der Waals surface area contributed by atoms with Crippen LogP contribution in [0.3, 0.4) is 0 Å². The molecule has 0 radical (unpaired) electrons. The predicted octanol–water partition coefficient (Wildman–Crippen LogP) is 1.74. The maximum Gasteiger partial charge on any atom is 0.341 e. The molecule has 0 atom stereocenters. The SMILES string of the molecule is CN(CCN1CCCC1=O)c1ccccc1S(=O)(=O)C(F)F. The number of para-hydroxylation sites is 1. The number of anilines is 1. The lowest BCUT2D eigenvalue weighted by Crippen LogP contribution is -2.34. The summed E-state index contributed by atoms with van der Waals surface area (Å²) in [4.78, 5) is 14.4. The highest BCUT2D eigenvalue weighted by molar-refractivity contribution is 7.91. The van der Waals surface area contributed by atoms with Gasteiger partial charge in [-0.2, -0.15) is 8.78 Å². The van der Waals surface area contributed by atoms with Crippen LogP contribution in [0, 0.1) is 0 Å².